The average molecular weight is 490 g/mol. The monoisotopic (exact) mass is 489 g/mol. The molecule has 1 aromatic heterocycles. The maximum Gasteiger partial charge on any atom is 0.435 e. The van der Waals surface area contributed by atoms with Gasteiger partial charge in [0, 0.05) is 11.9 Å². The Morgan fingerprint density at radius 2 is 1.78 bits per heavy atom. The first-order valence-electron chi connectivity index (χ1n) is 8.54. The number of hydrogen-bond donors (Lipinski definition) is 1. The van der Waals surface area contributed by atoms with Gasteiger partial charge in [-0.25, -0.2) is 12.8 Å². The molecule has 1 amide bonds. The summed E-state index contributed by atoms with van der Waals surface area (Å²) in [5, 5.41) is 8.09. The van der Waals surface area contributed by atoms with Crippen molar-refractivity contribution in [3.05, 3.63) is 70.6 Å². The first kappa shape index (κ1) is 23.4. The highest BCUT2D eigenvalue weighted by Crippen LogP contribution is 2.34. The van der Waals surface area contributed by atoms with Crippen molar-refractivity contribution >= 4 is 33.0 Å². The number of sulfone groups is 1. The van der Waals surface area contributed by atoms with Crippen LogP contribution in [0.3, 0.4) is 0 Å². The highest BCUT2D eigenvalue weighted by molar-refractivity contribution is 7.90. The molecule has 1 heterocycles. The van der Waals surface area contributed by atoms with Crippen molar-refractivity contribution < 1.29 is 35.5 Å². The van der Waals surface area contributed by atoms with Crippen LogP contribution >= 0.6 is 11.6 Å². The Hall–Kier alpha value is -3.25. The molecule has 0 atom stereocenters. The summed E-state index contributed by atoms with van der Waals surface area (Å²) in [4.78, 5) is 12.6. The lowest BCUT2D eigenvalue weighted by atomic mass is 10.2. The Morgan fingerprint density at radius 3 is 2.44 bits per heavy atom. The second kappa shape index (κ2) is 8.71. The number of benzene rings is 2. The second-order valence-corrected chi connectivity index (χ2v) is 8.75. The lowest BCUT2D eigenvalue weighted by Gasteiger charge is -2.13. The van der Waals surface area contributed by atoms with Crippen molar-refractivity contribution in [2.75, 3.05) is 11.6 Å². The third-order valence-corrected chi connectivity index (χ3v) is 5.41. The maximum absolute atomic E-state index is 13.7. The highest BCUT2D eigenvalue weighted by atomic mass is 35.5. The van der Waals surface area contributed by atoms with Crippen molar-refractivity contribution in [1.82, 2.24) is 10.2 Å². The van der Waals surface area contributed by atoms with Crippen LogP contribution in [0.5, 0.6) is 11.6 Å². The predicted octanol–water partition coefficient (Wildman–Crippen LogP) is 4.74. The van der Waals surface area contributed by atoms with E-state index in [0.29, 0.717) is 6.07 Å². The molecule has 0 fully saturated rings. The van der Waals surface area contributed by atoms with Crippen molar-refractivity contribution in [3.63, 3.8) is 0 Å². The van der Waals surface area contributed by atoms with Crippen molar-refractivity contribution in [3.8, 4) is 11.6 Å². The number of rotatable bonds is 5. The first-order valence-corrected chi connectivity index (χ1v) is 10.8. The number of anilines is 1. The molecule has 0 saturated heterocycles. The van der Waals surface area contributed by atoms with E-state index in [9.17, 15) is 30.8 Å². The second-order valence-electron chi connectivity index (χ2n) is 6.35. The molecule has 1 N–H and O–H groups in total. The number of nitrogens with zero attached hydrogens (tertiary/aromatic N) is 2. The molecular formula is C19H12ClF4N3O4S. The van der Waals surface area contributed by atoms with Crippen molar-refractivity contribution in [2.24, 2.45) is 0 Å². The van der Waals surface area contributed by atoms with E-state index < -0.39 is 49.9 Å². The Balaban J connectivity index is 2.02. The van der Waals surface area contributed by atoms with Crippen molar-refractivity contribution in [1.29, 1.82) is 0 Å². The van der Waals surface area contributed by atoms with E-state index in [1.807, 2.05) is 0 Å². The summed E-state index contributed by atoms with van der Waals surface area (Å²) in [6.07, 6.45) is -3.97. The molecule has 0 aliphatic rings. The minimum atomic E-state index is -4.92. The van der Waals surface area contributed by atoms with Gasteiger partial charge in [0.15, 0.2) is 21.3 Å². The average Bonchev–Trinajstić information content (AvgIpc) is 2.70. The Labute approximate surface area is 183 Å². The van der Waals surface area contributed by atoms with Crippen LogP contribution in [0.15, 0.2) is 53.4 Å². The quantitative estimate of drug-likeness (QED) is 0.520. The molecule has 2 aromatic carbocycles. The summed E-state index contributed by atoms with van der Waals surface area (Å²) in [5.41, 5.74) is -2.19. The van der Waals surface area contributed by atoms with Gasteiger partial charge in [-0.15, -0.1) is 10.2 Å². The number of amides is 1. The maximum atomic E-state index is 13.7. The van der Waals surface area contributed by atoms with Gasteiger partial charge >= 0.3 is 6.18 Å². The molecule has 7 nitrogen and oxygen atoms in total. The van der Waals surface area contributed by atoms with Crippen LogP contribution in [0, 0.1) is 5.82 Å². The lowest BCUT2D eigenvalue weighted by Crippen LogP contribution is -2.18. The molecule has 3 aromatic rings. The van der Waals surface area contributed by atoms with Crippen LogP contribution < -0.4 is 10.1 Å². The van der Waals surface area contributed by atoms with E-state index in [2.05, 4.69) is 15.5 Å². The minimum absolute atomic E-state index is 0.0157. The summed E-state index contributed by atoms with van der Waals surface area (Å²) < 4.78 is 81.6. The van der Waals surface area contributed by atoms with E-state index in [-0.39, 0.29) is 16.3 Å². The smallest absolute Gasteiger partial charge is 0.435 e. The molecule has 32 heavy (non-hydrogen) atoms. The molecule has 0 saturated carbocycles. The van der Waals surface area contributed by atoms with Gasteiger partial charge in [-0.3, -0.25) is 4.79 Å². The molecule has 3 rings (SSSR count). The molecular weight excluding hydrogens is 478 g/mol. The normalized spacial score (nSPS) is 11.8. The number of nitrogens with one attached hydrogen (secondary N) is 1. The van der Waals surface area contributed by atoms with E-state index in [1.165, 1.54) is 30.3 Å². The summed E-state index contributed by atoms with van der Waals surface area (Å²) in [6.45, 7) is 0. The van der Waals surface area contributed by atoms with Crippen LogP contribution in [0.1, 0.15) is 16.1 Å². The lowest BCUT2D eigenvalue weighted by molar-refractivity contribution is -0.141. The van der Waals surface area contributed by atoms with Gasteiger partial charge < -0.3 is 10.1 Å². The number of carbonyl (C=O) groups excluding carboxylic acids is 1. The highest BCUT2D eigenvalue weighted by Gasteiger charge is 2.35. The Bertz CT molecular complexity index is 1300. The molecule has 0 spiro atoms. The zero-order chi connectivity index (χ0) is 23.7. The summed E-state index contributed by atoms with van der Waals surface area (Å²) in [6, 6.07) is 8.92. The van der Waals surface area contributed by atoms with Crippen LogP contribution in [0.4, 0.5) is 23.2 Å². The summed E-state index contributed by atoms with van der Waals surface area (Å²) in [5.74, 6) is -2.97. The van der Waals surface area contributed by atoms with Gasteiger partial charge in [-0.05, 0) is 36.4 Å². The van der Waals surface area contributed by atoms with Gasteiger partial charge in [0.05, 0.1) is 4.90 Å². The number of ether oxygens (including phenoxy) is 1. The van der Waals surface area contributed by atoms with E-state index in [1.54, 1.807) is 0 Å². The number of carbonyl (C=O) groups is 1. The van der Waals surface area contributed by atoms with Gasteiger partial charge in [0.1, 0.15) is 16.4 Å². The van der Waals surface area contributed by atoms with Gasteiger partial charge in [0.25, 0.3) is 11.8 Å². The van der Waals surface area contributed by atoms with Gasteiger partial charge in [0.2, 0.25) is 0 Å². The first-order chi connectivity index (χ1) is 14.9. The molecule has 0 aliphatic heterocycles. The fraction of sp³-hybridized carbons (Fsp3) is 0.105. The van der Waals surface area contributed by atoms with Crippen molar-refractivity contribution in [2.45, 2.75) is 11.1 Å². The largest absolute Gasteiger partial charge is 0.435 e. The molecule has 0 radical (unpaired) electrons. The Kier molecular flexibility index (Phi) is 6.37. The fourth-order valence-electron chi connectivity index (χ4n) is 2.43. The third kappa shape index (κ3) is 5.32. The SMILES string of the molecule is CS(=O)(=O)c1cccc(NC(=O)c2cc(C(F)(F)F)nnc2Oc2cccc(F)c2Cl)c1. The molecule has 0 bridgehead atoms. The number of halogens is 5. The number of alkyl halides is 3. The standard InChI is InChI=1S/C19H12ClF4N3O4S/c1-32(29,30)11-5-2-4-10(8-11)25-17(28)12-9-15(19(22,23)24)26-27-18(12)31-14-7-3-6-13(21)16(14)20/h2-9H,1H3,(H,25,28). The summed E-state index contributed by atoms with van der Waals surface area (Å²) >= 11 is 5.78. The number of hydrogen-bond acceptors (Lipinski definition) is 6. The van der Waals surface area contributed by atoms with Crippen LogP contribution in [0.2, 0.25) is 5.02 Å². The van der Waals surface area contributed by atoms with Gasteiger partial charge in [-0.1, -0.05) is 23.7 Å². The molecule has 0 unspecified atom stereocenters. The molecule has 168 valence electrons. The van der Waals surface area contributed by atoms with Gasteiger partial charge in [-0.2, -0.15) is 13.2 Å². The zero-order valence-electron chi connectivity index (χ0n) is 15.9. The molecule has 0 aliphatic carbocycles. The third-order valence-electron chi connectivity index (χ3n) is 3.94. The molecule has 13 heteroatoms. The summed E-state index contributed by atoms with van der Waals surface area (Å²) in [7, 11) is -3.61. The van der Waals surface area contributed by atoms with Crippen LogP contribution in [0.25, 0.3) is 0 Å². The van der Waals surface area contributed by atoms with Crippen LogP contribution in [-0.4, -0.2) is 30.8 Å². The van der Waals surface area contributed by atoms with Crippen LogP contribution in [-0.2, 0) is 16.0 Å². The minimum Gasteiger partial charge on any atom is -0.435 e. The zero-order valence-corrected chi connectivity index (χ0v) is 17.5. The van der Waals surface area contributed by atoms with E-state index in [4.69, 9.17) is 16.3 Å². The Morgan fingerprint density at radius 1 is 1.09 bits per heavy atom. The predicted molar refractivity (Wildman–Crippen MR) is 106 cm³/mol. The number of aromatic nitrogens is 2. The topological polar surface area (TPSA) is 98.2 Å². The van der Waals surface area contributed by atoms with E-state index >= 15 is 0 Å². The fourth-order valence-corrected chi connectivity index (χ4v) is 3.26. The van der Waals surface area contributed by atoms with E-state index in [0.717, 1.165) is 18.4 Å².